The van der Waals surface area contributed by atoms with Gasteiger partial charge in [-0.25, -0.2) is 4.90 Å². The minimum absolute atomic E-state index is 0.127. The zero-order valence-electron chi connectivity index (χ0n) is 16.2. The van der Waals surface area contributed by atoms with E-state index in [0.717, 1.165) is 0 Å². The number of halogens is 2. The molecule has 2 aliphatic rings. The molecule has 0 unspecified atom stereocenters. The molecule has 1 N–H and O–H groups in total. The molecule has 0 radical (unpaired) electrons. The highest BCUT2D eigenvalue weighted by molar-refractivity contribution is 9.12. The van der Waals surface area contributed by atoms with E-state index in [1.54, 1.807) is 55.6 Å². The second kappa shape index (κ2) is 8.51. The SMILES string of the molecule is COc1cccc(NC(=O)c2ccccc2N2C(=O)[C@@H]3C[C@@H](Br)[C@@H](Br)C[C@H]3C2=O)c1. The van der Waals surface area contributed by atoms with E-state index in [2.05, 4.69) is 37.2 Å². The smallest absolute Gasteiger partial charge is 0.257 e. The van der Waals surface area contributed by atoms with Gasteiger partial charge in [-0.15, -0.1) is 0 Å². The predicted octanol–water partition coefficient (Wildman–Crippen LogP) is 4.37. The average Bonchev–Trinajstić information content (AvgIpc) is 2.98. The van der Waals surface area contributed by atoms with Crippen molar-refractivity contribution >= 4 is 61.0 Å². The van der Waals surface area contributed by atoms with Crippen LogP contribution in [0.25, 0.3) is 0 Å². The number of hydrogen-bond acceptors (Lipinski definition) is 4. The van der Waals surface area contributed by atoms with Gasteiger partial charge in [-0.1, -0.05) is 50.1 Å². The number of benzene rings is 2. The second-order valence-corrected chi connectivity index (χ2v) is 9.78. The van der Waals surface area contributed by atoms with Crippen LogP contribution in [-0.2, 0) is 9.59 Å². The van der Waals surface area contributed by atoms with Crippen LogP contribution in [0, 0.1) is 11.8 Å². The Hall–Kier alpha value is -2.19. The number of fused-ring (bicyclic) bond motifs is 1. The lowest BCUT2D eigenvalue weighted by Crippen LogP contribution is -2.34. The lowest BCUT2D eigenvalue weighted by atomic mass is 9.81. The van der Waals surface area contributed by atoms with Gasteiger partial charge in [0.1, 0.15) is 5.75 Å². The van der Waals surface area contributed by atoms with Gasteiger partial charge < -0.3 is 10.1 Å². The minimum Gasteiger partial charge on any atom is -0.497 e. The lowest BCUT2D eigenvalue weighted by Gasteiger charge is -2.29. The van der Waals surface area contributed by atoms with Crippen molar-refractivity contribution < 1.29 is 19.1 Å². The summed E-state index contributed by atoms with van der Waals surface area (Å²) in [6, 6.07) is 13.7. The van der Waals surface area contributed by atoms with Gasteiger partial charge in [0, 0.05) is 21.4 Å². The Morgan fingerprint density at radius 3 is 2.27 bits per heavy atom. The van der Waals surface area contributed by atoms with E-state index < -0.39 is 5.91 Å². The second-order valence-electron chi connectivity index (χ2n) is 7.43. The largest absolute Gasteiger partial charge is 0.497 e. The van der Waals surface area contributed by atoms with Crippen molar-refractivity contribution in [2.45, 2.75) is 22.5 Å². The van der Waals surface area contributed by atoms with E-state index in [0.29, 0.717) is 30.0 Å². The Kier molecular flexibility index (Phi) is 5.97. The number of rotatable bonds is 4. The Morgan fingerprint density at radius 2 is 1.63 bits per heavy atom. The molecular formula is C22H20Br2N2O4. The number of imide groups is 1. The van der Waals surface area contributed by atoms with Gasteiger partial charge in [0.2, 0.25) is 11.8 Å². The van der Waals surface area contributed by atoms with Crippen LogP contribution < -0.4 is 15.0 Å². The summed E-state index contributed by atoms with van der Waals surface area (Å²) >= 11 is 7.19. The van der Waals surface area contributed by atoms with Gasteiger partial charge in [0.25, 0.3) is 5.91 Å². The monoisotopic (exact) mass is 534 g/mol. The molecule has 1 saturated carbocycles. The molecule has 2 aromatic carbocycles. The topological polar surface area (TPSA) is 75.7 Å². The van der Waals surface area contributed by atoms with E-state index in [-0.39, 0.29) is 38.9 Å². The maximum atomic E-state index is 13.1. The normalized spacial score (nSPS) is 25.8. The standard InChI is InChI=1S/C22H20Br2N2O4/c1-30-13-6-4-5-12(9-13)25-20(27)14-7-2-3-8-19(14)26-21(28)15-10-17(23)18(24)11-16(15)22(26)29/h2-9,15-18H,10-11H2,1H3,(H,25,27)/t15-,16-,17-,18+/m1/s1. The summed E-state index contributed by atoms with van der Waals surface area (Å²) in [5.41, 5.74) is 1.15. The third-order valence-electron chi connectivity index (χ3n) is 5.63. The van der Waals surface area contributed by atoms with Crippen molar-refractivity contribution in [3.8, 4) is 5.75 Å². The van der Waals surface area contributed by atoms with Crippen LogP contribution in [0.4, 0.5) is 11.4 Å². The third kappa shape index (κ3) is 3.78. The van der Waals surface area contributed by atoms with Gasteiger partial charge in [-0.05, 0) is 37.1 Å². The van der Waals surface area contributed by atoms with E-state index in [1.807, 2.05) is 0 Å². The van der Waals surface area contributed by atoms with Gasteiger partial charge >= 0.3 is 0 Å². The number of methoxy groups -OCH3 is 1. The van der Waals surface area contributed by atoms with E-state index in [1.165, 1.54) is 4.90 Å². The van der Waals surface area contributed by atoms with Crippen LogP contribution in [0.15, 0.2) is 48.5 Å². The quantitative estimate of drug-likeness (QED) is 0.466. The fourth-order valence-corrected chi connectivity index (χ4v) is 5.33. The maximum Gasteiger partial charge on any atom is 0.257 e. The first-order valence-corrected chi connectivity index (χ1v) is 11.4. The molecule has 1 saturated heterocycles. The summed E-state index contributed by atoms with van der Waals surface area (Å²) in [7, 11) is 1.55. The van der Waals surface area contributed by atoms with E-state index in [4.69, 9.17) is 4.74 Å². The summed E-state index contributed by atoms with van der Waals surface area (Å²) < 4.78 is 5.19. The summed E-state index contributed by atoms with van der Waals surface area (Å²) in [4.78, 5) is 40.7. The van der Waals surface area contributed by atoms with Crippen LogP contribution in [0.3, 0.4) is 0 Å². The fourth-order valence-electron chi connectivity index (χ4n) is 4.09. The first-order valence-electron chi connectivity index (χ1n) is 9.61. The first kappa shape index (κ1) is 21.1. The molecule has 156 valence electrons. The number of para-hydroxylation sites is 1. The Bertz CT molecular complexity index is 984. The molecule has 1 aliphatic carbocycles. The molecule has 0 bridgehead atoms. The first-order chi connectivity index (χ1) is 14.4. The highest BCUT2D eigenvalue weighted by Crippen LogP contribution is 2.44. The number of nitrogens with zero attached hydrogens (tertiary/aromatic N) is 1. The summed E-state index contributed by atoms with van der Waals surface area (Å²) in [5.74, 6) is -1.00. The molecule has 0 aromatic heterocycles. The Morgan fingerprint density at radius 1 is 1.00 bits per heavy atom. The number of alkyl halides is 2. The van der Waals surface area contributed by atoms with E-state index in [9.17, 15) is 14.4 Å². The van der Waals surface area contributed by atoms with Crippen molar-refractivity contribution in [3.05, 3.63) is 54.1 Å². The molecule has 3 amide bonds. The van der Waals surface area contributed by atoms with Gasteiger partial charge in [0.05, 0.1) is 30.2 Å². The Labute approximate surface area is 191 Å². The van der Waals surface area contributed by atoms with Gasteiger partial charge in [-0.3, -0.25) is 14.4 Å². The summed E-state index contributed by atoms with van der Waals surface area (Å²) in [6.45, 7) is 0. The zero-order chi connectivity index (χ0) is 21.4. The highest BCUT2D eigenvalue weighted by Gasteiger charge is 2.52. The molecule has 4 atom stereocenters. The average molecular weight is 536 g/mol. The fraction of sp³-hybridized carbons (Fsp3) is 0.318. The number of nitrogens with one attached hydrogen (secondary N) is 1. The number of carbonyl (C=O) groups is 3. The van der Waals surface area contributed by atoms with E-state index >= 15 is 0 Å². The number of ether oxygens (including phenoxy) is 1. The van der Waals surface area contributed by atoms with Crippen molar-refractivity contribution in [3.63, 3.8) is 0 Å². The number of amides is 3. The highest BCUT2D eigenvalue weighted by atomic mass is 79.9. The van der Waals surface area contributed by atoms with Crippen molar-refractivity contribution in [2.24, 2.45) is 11.8 Å². The maximum absolute atomic E-state index is 13.1. The zero-order valence-corrected chi connectivity index (χ0v) is 19.4. The molecule has 2 fully saturated rings. The number of hydrogen-bond donors (Lipinski definition) is 1. The van der Waals surface area contributed by atoms with Gasteiger partial charge in [-0.2, -0.15) is 0 Å². The molecule has 6 nitrogen and oxygen atoms in total. The Balaban J connectivity index is 1.64. The molecule has 0 spiro atoms. The molecule has 4 rings (SSSR count). The van der Waals surface area contributed by atoms with Crippen LogP contribution >= 0.6 is 31.9 Å². The molecule has 8 heteroatoms. The van der Waals surface area contributed by atoms with Crippen LogP contribution in [0.5, 0.6) is 5.75 Å². The molecule has 1 heterocycles. The van der Waals surface area contributed by atoms with Gasteiger partial charge in [0.15, 0.2) is 0 Å². The lowest BCUT2D eigenvalue weighted by molar-refractivity contribution is -0.122. The van der Waals surface area contributed by atoms with Crippen molar-refractivity contribution in [1.82, 2.24) is 0 Å². The third-order valence-corrected chi connectivity index (χ3v) is 8.36. The molecule has 30 heavy (non-hydrogen) atoms. The summed E-state index contributed by atoms with van der Waals surface area (Å²) in [5, 5.41) is 2.82. The van der Waals surface area contributed by atoms with Crippen LogP contribution in [-0.4, -0.2) is 34.5 Å². The predicted molar refractivity (Wildman–Crippen MR) is 122 cm³/mol. The van der Waals surface area contributed by atoms with Crippen LogP contribution in [0.1, 0.15) is 23.2 Å². The minimum atomic E-state index is -0.397. The van der Waals surface area contributed by atoms with Crippen molar-refractivity contribution in [2.75, 3.05) is 17.3 Å². The molecule has 1 aliphatic heterocycles. The molecule has 2 aromatic rings. The van der Waals surface area contributed by atoms with Crippen LogP contribution in [0.2, 0.25) is 0 Å². The van der Waals surface area contributed by atoms with Crippen molar-refractivity contribution in [1.29, 1.82) is 0 Å². The number of carbonyl (C=O) groups excluding carboxylic acids is 3. The number of anilines is 2. The summed E-state index contributed by atoms with van der Waals surface area (Å²) in [6.07, 6.45) is 1.17. The molecular weight excluding hydrogens is 516 g/mol.